The first-order chi connectivity index (χ1) is 7.67. The maximum absolute atomic E-state index is 11.1. The summed E-state index contributed by atoms with van der Waals surface area (Å²) in [6.07, 6.45) is 0.757. The molecule has 1 saturated heterocycles. The summed E-state index contributed by atoms with van der Waals surface area (Å²) in [6.45, 7) is 4.17. The van der Waals surface area contributed by atoms with Gasteiger partial charge in [0, 0.05) is 19.3 Å². The van der Waals surface area contributed by atoms with E-state index in [2.05, 4.69) is 0 Å². The molecule has 0 aromatic carbocycles. The molecule has 5 nitrogen and oxygen atoms in total. The Morgan fingerprint density at radius 1 is 1.25 bits per heavy atom. The summed E-state index contributed by atoms with van der Waals surface area (Å²) in [4.78, 5) is 22.1. The molecule has 1 aliphatic rings. The van der Waals surface area contributed by atoms with Crippen molar-refractivity contribution in [3.05, 3.63) is 0 Å². The molecule has 2 unspecified atom stereocenters. The SMILES string of the molecule is CCC(=O)OCC1OCCC1OC(=O)CC. The Bertz CT molecular complexity index is 251. The zero-order valence-electron chi connectivity index (χ0n) is 9.73. The van der Waals surface area contributed by atoms with E-state index in [0.29, 0.717) is 25.9 Å². The number of rotatable bonds is 5. The molecule has 16 heavy (non-hydrogen) atoms. The normalized spacial score (nSPS) is 24.1. The predicted octanol–water partition coefficient (Wildman–Crippen LogP) is 1.05. The van der Waals surface area contributed by atoms with Crippen molar-refractivity contribution in [2.45, 2.75) is 45.3 Å². The fourth-order valence-corrected chi connectivity index (χ4v) is 1.45. The Labute approximate surface area is 95.0 Å². The quantitative estimate of drug-likeness (QED) is 0.661. The molecule has 0 N–H and O–H groups in total. The lowest BCUT2D eigenvalue weighted by atomic mass is 10.2. The van der Waals surface area contributed by atoms with Crippen molar-refractivity contribution in [3.8, 4) is 0 Å². The highest BCUT2D eigenvalue weighted by atomic mass is 16.6. The van der Waals surface area contributed by atoms with E-state index in [-0.39, 0.29) is 30.8 Å². The minimum Gasteiger partial charge on any atom is -0.463 e. The average Bonchev–Trinajstić information content (AvgIpc) is 2.73. The third-order valence-electron chi connectivity index (χ3n) is 2.42. The molecule has 0 bridgehead atoms. The summed E-state index contributed by atoms with van der Waals surface area (Å²) in [5.41, 5.74) is 0. The van der Waals surface area contributed by atoms with E-state index in [4.69, 9.17) is 14.2 Å². The largest absolute Gasteiger partial charge is 0.463 e. The fraction of sp³-hybridized carbons (Fsp3) is 0.818. The summed E-state index contributed by atoms with van der Waals surface area (Å²) in [7, 11) is 0. The molecule has 0 amide bonds. The summed E-state index contributed by atoms with van der Waals surface area (Å²) in [6, 6.07) is 0. The van der Waals surface area contributed by atoms with Gasteiger partial charge < -0.3 is 14.2 Å². The lowest BCUT2D eigenvalue weighted by molar-refractivity contribution is -0.156. The zero-order valence-corrected chi connectivity index (χ0v) is 9.73. The van der Waals surface area contributed by atoms with Crippen LogP contribution in [-0.2, 0) is 23.8 Å². The first-order valence-corrected chi connectivity index (χ1v) is 5.64. The molecule has 2 atom stereocenters. The van der Waals surface area contributed by atoms with Gasteiger partial charge in [-0.15, -0.1) is 0 Å². The van der Waals surface area contributed by atoms with Crippen LogP contribution in [0.15, 0.2) is 0 Å². The number of hydrogen-bond acceptors (Lipinski definition) is 5. The van der Waals surface area contributed by atoms with Gasteiger partial charge in [0.2, 0.25) is 0 Å². The molecule has 92 valence electrons. The molecule has 1 heterocycles. The second kappa shape index (κ2) is 6.48. The molecule has 0 radical (unpaired) electrons. The van der Waals surface area contributed by atoms with E-state index >= 15 is 0 Å². The first-order valence-electron chi connectivity index (χ1n) is 5.64. The molecular formula is C11H18O5. The van der Waals surface area contributed by atoms with Gasteiger partial charge in [-0.1, -0.05) is 13.8 Å². The van der Waals surface area contributed by atoms with Crippen LogP contribution >= 0.6 is 0 Å². The van der Waals surface area contributed by atoms with Crippen molar-refractivity contribution >= 4 is 11.9 Å². The van der Waals surface area contributed by atoms with E-state index in [1.807, 2.05) is 0 Å². The molecule has 5 heteroatoms. The fourth-order valence-electron chi connectivity index (χ4n) is 1.45. The molecular weight excluding hydrogens is 212 g/mol. The van der Waals surface area contributed by atoms with Gasteiger partial charge in [0.25, 0.3) is 0 Å². The topological polar surface area (TPSA) is 61.8 Å². The Morgan fingerprint density at radius 3 is 2.56 bits per heavy atom. The summed E-state index contributed by atoms with van der Waals surface area (Å²) < 4.78 is 15.5. The molecule has 0 aromatic rings. The smallest absolute Gasteiger partial charge is 0.305 e. The molecule has 1 aliphatic heterocycles. The summed E-state index contributed by atoms with van der Waals surface area (Å²) >= 11 is 0. The molecule has 0 aromatic heterocycles. The maximum Gasteiger partial charge on any atom is 0.305 e. The Hall–Kier alpha value is -1.10. The minimum absolute atomic E-state index is 0.161. The third kappa shape index (κ3) is 3.81. The number of carbonyl (C=O) groups excluding carboxylic acids is 2. The Balaban J connectivity index is 2.34. The Morgan fingerprint density at radius 2 is 1.94 bits per heavy atom. The lowest BCUT2D eigenvalue weighted by Crippen LogP contribution is -2.31. The Kier molecular flexibility index (Phi) is 5.25. The predicted molar refractivity (Wildman–Crippen MR) is 55.8 cm³/mol. The van der Waals surface area contributed by atoms with Crippen molar-refractivity contribution in [3.63, 3.8) is 0 Å². The van der Waals surface area contributed by atoms with Crippen LogP contribution < -0.4 is 0 Å². The van der Waals surface area contributed by atoms with E-state index < -0.39 is 0 Å². The van der Waals surface area contributed by atoms with Gasteiger partial charge in [0.05, 0.1) is 6.61 Å². The van der Waals surface area contributed by atoms with Crippen molar-refractivity contribution < 1.29 is 23.8 Å². The van der Waals surface area contributed by atoms with E-state index in [1.165, 1.54) is 0 Å². The standard InChI is InChI=1S/C11H18O5/c1-3-10(12)15-7-9-8(5-6-14-9)16-11(13)4-2/h8-9H,3-7H2,1-2H3. The van der Waals surface area contributed by atoms with Gasteiger partial charge in [0.1, 0.15) is 18.8 Å². The monoisotopic (exact) mass is 230 g/mol. The second-order valence-electron chi connectivity index (χ2n) is 3.62. The van der Waals surface area contributed by atoms with Gasteiger partial charge in [-0.3, -0.25) is 9.59 Å². The molecule has 0 spiro atoms. The molecule has 0 saturated carbocycles. The van der Waals surface area contributed by atoms with Gasteiger partial charge in [0.15, 0.2) is 0 Å². The van der Waals surface area contributed by atoms with E-state index in [0.717, 1.165) is 0 Å². The lowest BCUT2D eigenvalue weighted by Gasteiger charge is -2.18. The van der Waals surface area contributed by atoms with Crippen molar-refractivity contribution in [1.82, 2.24) is 0 Å². The number of hydrogen-bond donors (Lipinski definition) is 0. The van der Waals surface area contributed by atoms with Gasteiger partial charge >= 0.3 is 11.9 Å². The van der Waals surface area contributed by atoms with E-state index in [9.17, 15) is 9.59 Å². The van der Waals surface area contributed by atoms with Crippen LogP contribution in [0, 0.1) is 0 Å². The molecule has 0 aliphatic carbocycles. The van der Waals surface area contributed by atoms with Crippen LogP contribution in [0.5, 0.6) is 0 Å². The number of ether oxygens (including phenoxy) is 3. The van der Waals surface area contributed by atoms with Crippen molar-refractivity contribution in [2.24, 2.45) is 0 Å². The second-order valence-corrected chi connectivity index (χ2v) is 3.62. The maximum atomic E-state index is 11.1. The van der Waals surface area contributed by atoms with Crippen molar-refractivity contribution in [2.75, 3.05) is 13.2 Å². The average molecular weight is 230 g/mol. The van der Waals surface area contributed by atoms with Crippen molar-refractivity contribution in [1.29, 1.82) is 0 Å². The molecule has 1 rings (SSSR count). The van der Waals surface area contributed by atoms with Crippen LogP contribution in [0.4, 0.5) is 0 Å². The zero-order chi connectivity index (χ0) is 12.0. The van der Waals surface area contributed by atoms with Gasteiger partial charge in [-0.2, -0.15) is 0 Å². The van der Waals surface area contributed by atoms with Crippen LogP contribution in [0.2, 0.25) is 0 Å². The van der Waals surface area contributed by atoms with Gasteiger partial charge in [-0.05, 0) is 0 Å². The number of carbonyl (C=O) groups is 2. The summed E-state index contributed by atoms with van der Waals surface area (Å²) in [5.74, 6) is -0.515. The van der Waals surface area contributed by atoms with E-state index in [1.54, 1.807) is 13.8 Å². The highest BCUT2D eigenvalue weighted by Gasteiger charge is 2.32. The first kappa shape index (κ1) is 13.0. The van der Waals surface area contributed by atoms with Crippen LogP contribution in [0.3, 0.4) is 0 Å². The van der Waals surface area contributed by atoms with Crippen LogP contribution in [0.25, 0.3) is 0 Å². The third-order valence-corrected chi connectivity index (χ3v) is 2.42. The number of esters is 2. The minimum atomic E-state index is -0.314. The summed E-state index contributed by atoms with van der Waals surface area (Å²) in [5, 5.41) is 0. The highest BCUT2D eigenvalue weighted by molar-refractivity contribution is 5.69. The van der Waals surface area contributed by atoms with Crippen LogP contribution in [-0.4, -0.2) is 37.4 Å². The van der Waals surface area contributed by atoms with Crippen LogP contribution in [0.1, 0.15) is 33.1 Å². The highest BCUT2D eigenvalue weighted by Crippen LogP contribution is 2.18. The van der Waals surface area contributed by atoms with Gasteiger partial charge in [-0.25, -0.2) is 0 Å². The molecule has 1 fully saturated rings.